The van der Waals surface area contributed by atoms with Crippen LogP contribution in [0.5, 0.6) is 0 Å². The number of hydrogen-bond donors (Lipinski definition) is 3. The van der Waals surface area contributed by atoms with Gasteiger partial charge in [0.15, 0.2) is 0 Å². The molecule has 1 saturated heterocycles. The normalized spacial score (nSPS) is 20.8. The first-order valence-corrected chi connectivity index (χ1v) is 3.67. The highest BCUT2D eigenvalue weighted by Gasteiger charge is 2.24. The molecule has 0 aromatic carbocycles. The lowest BCUT2D eigenvalue weighted by Gasteiger charge is -2.19. The van der Waals surface area contributed by atoms with E-state index >= 15 is 0 Å². The van der Waals surface area contributed by atoms with E-state index in [4.69, 9.17) is 5.11 Å². The summed E-state index contributed by atoms with van der Waals surface area (Å²) in [4.78, 5) is 12.6. The third kappa shape index (κ3) is 0.947. The van der Waals surface area contributed by atoms with Crippen LogP contribution in [0.1, 0.15) is 0 Å². The summed E-state index contributed by atoms with van der Waals surface area (Å²) in [6.07, 6.45) is 3.45. The zero-order chi connectivity index (χ0) is 8.55. The molecular weight excluding hydrogens is 158 g/mol. The molecule has 0 spiro atoms. The summed E-state index contributed by atoms with van der Waals surface area (Å²) in [7, 11) is 0. The number of aliphatic carboxylic acids is 1. The number of carboxylic acids is 1. The minimum Gasteiger partial charge on any atom is -0.478 e. The number of hydrogen-bond acceptors (Lipinski definition) is 4. The lowest BCUT2D eigenvalue weighted by atomic mass is 10.2. The van der Waals surface area contributed by atoms with E-state index in [2.05, 4.69) is 10.9 Å². The molecule has 0 aliphatic carbocycles. The number of hydrazine groups is 1. The fourth-order valence-electron chi connectivity index (χ4n) is 1.32. The average Bonchev–Trinajstić information content (AvgIpc) is 2.49. The standard InChI is InChI=1S/C7H9N3O2/c11-7(12)5-2-1-3-10-4-8-9-6(5)10/h1-2,8-9H,3-4H2,(H,11,12). The summed E-state index contributed by atoms with van der Waals surface area (Å²) in [6.45, 7) is 1.41. The van der Waals surface area contributed by atoms with Crippen molar-refractivity contribution in [3.05, 3.63) is 23.5 Å². The van der Waals surface area contributed by atoms with E-state index in [-0.39, 0.29) is 0 Å². The van der Waals surface area contributed by atoms with Crippen LogP contribution in [0.15, 0.2) is 23.5 Å². The van der Waals surface area contributed by atoms with Gasteiger partial charge in [0.2, 0.25) is 0 Å². The van der Waals surface area contributed by atoms with Crippen molar-refractivity contribution in [3.8, 4) is 0 Å². The zero-order valence-electron chi connectivity index (χ0n) is 6.37. The molecule has 0 amide bonds. The quantitative estimate of drug-likeness (QED) is 0.478. The lowest BCUT2D eigenvalue weighted by Crippen LogP contribution is -2.26. The molecule has 12 heavy (non-hydrogen) atoms. The molecule has 0 bridgehead atoms. The molecule has 3 N–H and O–H groups in total. The maximum Gasteiger partial charge on any atom is 0.339 e. The van der Waals surface area contributed by atoms with Gasteiger partial charge >= 0.3 is 5.97 Å². The summed E-state index contributed by atoms with van der Waals surface area (Å²) in [5.74, 6) is -0.243. The maximum atomic E-state index is 10.7. The van der Waals surface area contributed by atoms with Crippen molar-refractivity contribution in [1.82, 2.24) is 15.8 Å². The van der Waals surface area contributed by atoms with Crippen molar-refractivity contribution in [2.45, 2.75) is 0 Å². The molecule has 2 aliphatic rings. The first kappa shape index (κ1) is 7.17. The molecule has 2 rings (SSSR count). The van der Waals surface area contributed by atoms with Crippen molar-refractivity contribution >= 4 is 5.97 Å². The van der Waals surface area contributed by atoms with Crippen LogP contribution >= 0.6 is 0 Å². The number of carbonyl (C=O) groups is 1. The van der Waals surface area contributed by atoms with Gasteiger partial charge in [0.05, 0.1) is 6.67 Å². The van der Waals surface area contributed by atoms with E-state index in [1.807, 2.05) is 11.0 Å². The van der Waals surface area contributed by atoms with E-state index in [1.165, 1.54) is 0 Å². The topological polar surface area (TPSA) is 64.6 Å². The molecule has 1 fully saturated rings. The molecule has 0 unspecified atom stereocenters. The Bertz CT molecular complexity index is 282. The van der Waals surface area contributed by atoms with Gasteiger partial charge in [-0.15, -0.1) is 0 Å². The molecular formula is C7H9N3O2. The Kier molecular flexibility index (Phi) is 1.51. The summed E-state index contributed by atoms with van der Waals surface area (Å²) >= 11 is 0. The fraction of sp³-hybridized carbons (Fsp3) is 0.286. The van der Waals surface area contributed by atoms with Crippen molar-refractivity contribution in [1.29, 1.82) is 0 Å². The second-order valence-electron chi connectivity index (χ2n) is 2.65. The number of rotatable bonds is 1. The highest BCUT2D eigenvalue weighted by Crippen LogP contribution is 2.16. The summed E-state index contributed by atoms with van der Waals surface area (Å²) in [6, 6.07) is 0. The monoisotopic (exact) mass is 167 g/mol. The van der Waals surface area contributed by atoms with Crippen LogP contribution < -0.4 is 10.9 Å². The number of nitrogens with one attached hydrogen (secondary N) is 2. The van der Waals surface area contributed by atoms with Gasteiger partial charge in [-0.3, -0.25) is 0 Å². The predicted octanol–water partition coefficient (Wildman–Crippen LogP) is -0.780. The van der Waals surface area contributed by atoms with Crippen molar-refractivity contribution in [3.63, 3.8) is 0 Å². The van der Waals surface area contributed by atoms with Gasteiger partial charge in [-0.05, 0) is 6.08 Å². The molecule has 0 atom stereocenters. The third-order valence-electron chi connectivity index (χ3n) is 1.89. The van der Waals surface area contributed by atoms with Gasteiger partial charge in [-0.1, -0.05) is 6.08 Å². The van der Waals surface area contributed by atoms with Crippen LogP contribution in [-0.2, 0) is 4.79 Å². The molecule has 0 radical (unpaired) electrons. The second-order valence-corrected chi connectivity index (χ2v) is 2.65. The SMILES string of the molecule is O=C(O)C1=C2NNCN2CC=C1. The minimum absolute atomic E-state index is 0.311. The van der Waals surface area contributed by atoms with Gasteiger partial charge in [-0.2, -0.15) is 0 Å². The van der Waals surface area contributed by atoms with E-state index in [0.717, 1.165) is 6.54 Å². The summed E-state index contributed by atoms with van der Waals surface area (Å²) in [5, 5.41) is 8.78. The van der Waals surface area contributed by atoms with Crippen LogP contribution in [0.3, 0.4) is 0 Å². The summed E-state index contributed by atoms with van der Waals surface area (Å²) in [5.41, 5.74) is 5.99. The van der Waals surface area contributed by atoms with Crippen molar-refractivity contribution < 1.29 is 9.90 Å². The third-order valence-corrected chi connectivity index (χ3v) is 1.89. The second kappa shape index (κ2) is 2.53. The molecule has 2 heterocycles. The van der Waals surface area contributed by atoms with Crippen LogP contribution in [0.2, 0.25) is 0 Å². The highest BCUT2D eigenvalue weighted by molar-refractivity contribution is 5.90. The van der Waals surface area contributed by atoms with Gasteiger partial charge in [0, 0.05) is 6.54 Å². The van der Waals surface area contributed by atoms with Gasteiger partial charge in [0.1, 0.15) is 11.4 Å². The van der Waals surface area contributed by atoms with E-state index < -0.39 is 5.97 Å². The van der Waals surface area contributed by atoms with E-state index in [0.29, 0.717) is 18.1 Å². The van der Waals surface area contributed by atoms with Crippen LogP contribution in [0.25, 0.3) is 0 Å². The van der Waals surface area contributed by atoms with E-state index in [9.17, 15) is 4.79 Å². The van der Waals surface area contributed by atoms with Crippen LogP contribution in [0.4, 0.5) is 0 Å². The first-order valence-electron chi connectivity index (χ1n) is 3.67. The Hall–Kier alpha value is -1.49. The minimum atomic E-state index is -0.901. The largest absolute Gasteiger partial charge is 0.478 e. The molecule has 0 aromatic heterocycles. The Labute approximate surface area is 69.3 Å². The number of carboxylic acid groups (broad SMARTS) is 1. The van der Waals surface area contributed by atoms with Gasteiger partial charge in [0.25, 0.3) is 0 Å². The molecule has 2 aliphatic heterocycles. The van der Waals surface area contributed by atoms with Crippen molar-refractivity contribution in [2.24, 2.45) is 0 Å². The number of nitrogens with zero attached hydrogens (tertiary/aromatic N) is 1. The lowest BCUT2D eigenvalue weighted by molar-refractivity contribution is -0.132. The average molecular weight is 167 g/mol. The predicted molar refractivity (Wildman–Crippen MR) is 41.6 cm³/mol. The highest BCUT2D eigenvalue weighted by atomic mass is 16.4. The maximum absolute atomic E-state index is 10.7. The molecule has 0 saturated carbocycles. The molecule has 5 heteroatoms. The van der Waals surface area contributed by atoms with Crippen LogP contribution in [-0.4, -0.2) is 29.2 Å². The van der Waals surface area contributed by atoms with E-state index in [1.54, 1.807) is 6.08 Å². The molecule has 64 valence electrons. The number of fused-ring (bicyclic) bond motifs is 1. The Morgan fingerprint density at radius 1 is 1.67 bits per heavy atom. The van der Waals surface area contributed by atoms with Crippen molar-refractivity contribution in [2.75, 3.05) is 13.2 Å². The first-order chi connectivity index (χ1) is 5.79. The zero-order valence-corrected chi connectivity index (χ0v) is 6.37. The molecule has 5 nitrogen and oxygen atoms in total. The van der Waals surface area contributed by atoms with Crippen LogP contribution in [0, 0.1) is 0 Å². The Morgan fingerprint density at radius 2 is 2.50 bits per heavy atom. The van der Waals surface area contributed by atoms with Gasteiger partial charge in [-0.25, -0.2) is 10.2 Å². The Balaban J connectivity index is 2.38. The smallest absolute Gasteiger partial charge is 0.339 e. The molecule has 0 aromatic rings. The van der Waals surface area contributed by atoms with Gasteiger partial charge < -0.3 is 15.4 Å². The summed E-state index contributed by atoms with van der Waals surface area (Å²) < 4.78 is 0. The fourth-order valence-corrected chi connectivity index (χ4v) is 1.32. The Morgan fingerprint density at radius 3 is 3.25 bits per heavy atom.